The highest BCUT2D eigenvalue weighted by Gasteiger charge is 2.46. The van der Waals surface area contributed by atoms with Gasteiger partial charge in [0.05, 0.1) is 16.4 Å². The summed E-state index contributed by atoms with van der Waals surface area (Å²) in [5, 5.41) is 2.49. The molecule has 0 amide bonds. The molecule has 1 heterocycles. The van der Waals surface area contributed by atoms with E-state index in [-0.39, 0.29) is 0 Å². The van der Waals surface area contributed by atoms with Gasteiger partial charge in [0.1, 0.15) is 0 Å². The lowest BCUT2D eigenvalue weighted by Crippen LogP contribution is -2.28. The number of hydrogen-bond donors (Lipinski definition) is 0. The number of rotatable bonds is 9. The fourth-order valence-corrected chi connectivity index (χ4v) is 11.2. The Hall–Kier alpha value is -8.98. The molecule has 0 N–H and O–H groups in total. The van der Waals surface area contributed by atoms with Gasteiger partial charge in [0.15, 0.2) is 0 Å². The number of fused-ring (bicyclic) bond motifs is 6. The average molecular weight is 879 g/mol. The maximum Gasteiger partial charge on any atom is 0.0714 e. The molecule has 0 saturated carbocycles. The van der Waals surface area contributed by atoms with Gasteiger partial charge in [-0.3, -0.25) is 0 Å². The fraction of sp³-hybridized carbons (Fsp3) is 0.0149. The van der Waals surface area contributed by atoms with Gasteiger partial charge >= 0.3 is 0 Å². The second kappa shape index (κ2) is 16.7. The minimum Gasteiger partial charge on any atom is -0.310 e. The lowest BCUT2D eigenvalue weighted by molar-refractivity contribution is 0.768. The predicted molar refractivity (Wildman–Crippen MR) is 289 cm³/mol. The second-order valence-electron chi connectivity index (χ2n) is 18.0. The first-order valence-electron chi connectivity index (χ1n) is 23.8. The van der Waals surface area contributed by atoms with Crippen LogP contribution in [0.15, 0.2) is 279 Å². The van der Waals surface area contributed by atoms with Crippen molar-refractivity contribution in [2.24, 2.45) is 0 Å². The highest BCUT2D eigenvalue weighted by Crippen LogP contribution is 2.57. The van der Waals surface area contributed by atoms with Gasteiger partial charge in [-0.1, -0.05) is 212 Å². The molecule has 0 fully saturated rings. The third-order valence-corrected chi connectivity index (χ3v) is 14.3. The fourth-order valence-electron chi connectivity index (χ4n) is 11.2. The molecule has 0 bridgehead atoms. The summed E-state index contributed by atoms with van der Waals surface area (Å²) in [5.41, 5.74) is 21.0. The van der Waals surface area contributed by atoms with E-state index in [1.54, 1.807) is 0 Å². The van der Waals surface area contributed by atoms with Gasteiger partial charge in [-0.15, -0.1) is 0 Å². The van der Waals surface area contributed by atoms with E-state index in [9.17, 15) is 0 Å². The van der Waals surface area contributed by atoms with E-state index in [4.69, 9.17) is 0 Å². The highest BCUT2D eigenvalue weighted by molar-refractivity contribution is 6.10. The molecule has 13 rings (SSSR count). The minimum absolute atomic E-state index is 0.533. The number of anilines is 3. The lowest BCUT2D eigenvalue weighted by Gasteiger charge is -2.35. The summed E-state index contributed by atoms with van der Waals surface area (Å²) < 4.78 is 2.38. The third-order valence-electron chi connectivity index (χ3n) is 14.3. The second-order valence-corrected chi connectivity index (χ2v) is 18.0. The van der Waals surface area contributed by atoms with Gasteiger partial charge in [0.25, 0.3) is 0 Å². The van der Waals surface area contributed by atoms with Gasteiger partial charge in [-0.05, 0) is 133 Å². The molecule has 69 heavy (non-hydrogen) atoms. The molecule has 2 nitrogen and oxygen atoms in total. The zero-order valence-corrected chi connectivity index (χ0v) is 38.0. The number of nitrogens with zero attached hydrogens (tertiary/aromatic N) is 2. The van der Waals surface area contributed by atoms with E-state index in [0.717, 1.165) is 28.3 Å². The maximum absolute atomic E-state index is 2.47. The zero-order valence-electron chi connectivity index (χ0n) is 38.0. The van der Waals surface area contributed by atoms with Crippen LogP contribution in [0.25, 0.3) is 72.0 Å². The molecule has 12 aromatic rings. The summed E-state index contributed by atoms with van der Waals surface area (Å²) in [6, 6.07) is 102. The maximum atomic E-state index is 2.47. The summed E-state index contributed by atoms with van der Waals surface area (Å²) >= 11 is 0. The van der Waals surface area contributed by atoms with Crippen molar-refractivity contribution in [3.8, 4) is 50.2 Å². The molecule has 0 aliphatic heterocycles. The Bertz CT molecular complexity index is 3760. The van der Waals surface area contributed by atoms with Gasteiger partial charge in [0.2, 0.25) is 0 Å². The summed E-state index contributed by atoms with van der Waals surface area (Å²) in [6.45, 7) is 0. The van der Waals surface area contributed by atoms with E-state index < -0.39 is 5.41 Å². The Morgan fingerprint density at radius 1 is 0.275 bits per heavy atom. The third kappa shape index (κ3) is 6.64. The Morgan fingerprint density at radius 2 is 0.768 bits per heavy atom. The van der Waals surface area contributed by atoms with Crippen LogP contribution < -0.4 is 4.90 Å². The van der Waals surface area contributed by atoms with Crippen molar-refractivity contribution in [1.29, 1.82) is 0 Å². The smallest absolute Gasteiger partial charge is 0.0714 e. The topological polar surface area (TPSA) is 8.17 Å². The van der Waals surface area contributed by atoms with Gasteiger partial charge in [-0.25, -0.2) is 0 Å². The molecular formula is C67H46N2. The number of benzene rings is 11. The van der Waals surface area contributed by atoms with E-state index in [1.165, 1.54) is 83.0 Å². The number of para-hydroxylation sites is 2. The molecule has 11 aromatic carbocycles. The number of hydrogen-bond acceptors (Lipinski definition) is 1. The molecule has 324 valence electrons. The van der Waals surface area contributed by atoms with Crippen LogP contribution in [0.2, 0.25) is 0 Å². The van der Waals surface area contributed by atoms with Gasteiger partial charge in [-0.2, -0.15) is 0 Å². The summed E-state index contributed by atoms with van der Waals surface area (Å²) in [7, 11) is 0. The van der Waals surface area contributed by atoms with Crippen LogP contribution in [-0.2, 0) is 5.41 Å². The summed E-state index contributed by atoms with van der Waals surface area (Å²) in [4.78, 5) is 2.45. The van der Waals surface area contributed by atoms with Crippen molar-refractivity contribution in [3.05, 3.63) is 301 Å². The molecule has 0 unspecified atom stereocenters. The first-order valence-corrected chi connectivity index (χ1v) is 23.8. The molecule has 0 atom stereocenters. The van der Waals surface area contributed by atoms with Crippen LogP contribution in [0.1, 0.15) is 22.3 Å². The Labute approximate surface area is 403 Å². The van der Waals surface area contributed by atoms with Crippen LogP contribution >= 0.6 is 0 Å². The SMILES string of the molecule is c1ccc(-c2ccc(N(c3ccc(-c4ccc5c(c4)c4ccccc4n5-c4ccccc4)cc3)c3ccc4c(c3)C(c3ccccc3)(c3ccccc3)c3ccccc3-4)cc2-c2ccccc2)cc1. The molecule has 1 aromatic heterocycles. The molecule has 2 heteroatoms. The predicted octanol–water partition coefficient (Wildman–Crippen LogP) is 17.6. The molecule has 0 radical (unpaired) electrons. The van der Waals surface area contributed by atoms with E-state index in [2.05, 4.69) is 289 Å². The quantitative estimate of drug-likeness (QED) is 0.140. The Morgan fingerprint density at radius 3 is 1.45 bits per heavy atom. The molecule has 0 saturated heterocycles. The van der Waals surface area contributed by atoms with Gasteiger partial charge < -0.3 is 9.47 Å². The first kappa shape index (κ1) is 40.3. The van der Waals surface area contributed by atoms with Crippen molar-refractivity contribution in [2.45, 2.75) is 5.41 Å². The zero-order chi connectivity index (χ0) is 45.7. The molecule has 0 spiro atoms. The summed E-state index contributed by atoms with van der Waals surface area (Å²) in [6.07, 6.45) is 0. The van der Waals surface area contributed by atoms with Crippen molar-refractivity contribution < 1.29 is 0 Å². The van der Waals surface area contributed by atoms with Crippen molar-refractivity contribution in [3.63, 3.8) is 0 Å². The Balaban J connectivity index is 1.01. The van der Waals surface area contributed by atoms with Crippen LogP contribution in [-0.4, -0.2) is 4.57 Å². The van der Waals surface area contributed by atoms with Crippen LogP contribution in [0.4, 0.5) is 17.1 Å². The van der Waals surface area contributed by atoms with E-state index >= 15 is 0 Å². The van der Waals surface area contributed by atoms with Crippen LogP contribution in [0.3, 0.4) is 0 Å². The monoisotopic (exact) mass is 878 g/mol. The summed E-state index contributed by atoms with van der Waals surface area (Å²) in [5.74, 6) is 0. The molecular weight excluding hydrogens is 833 g/mol. The largest absolute Gasteiger partial charge is 0.310 e. The standard InChI is InChI=1S/C67H46N2/c1-6-20-48(21-7-1)57-41-39-55(45-61(57)49-22-8-2-9-23-49)68(54-37-34-47(35-38-54)50-36-43-66-62(44-50)60-31-17-19-33-65(60)69(66)53-28-14-5-15-29-53)56-40-42-59-58-30-16-18-32-63(58)67(64(59)46-56,51-24-10-3-11-25-51)52-26-12-4-13-27-52/h1-46H. The van der Waals surface area contributed by atoms with Crippen molar-refractivity contribution >= 4 is 38.9 Å². The lowest BCUT2D eigenvalue weighted by atomic mass is 9.67. The van der Waals surface area contributed by atoms with Crippen molar-refractivity contribution in [1.82, 2.24) is 4.57 Å². The van der Waals surface area contributed by atoms with Gasteiger partial charge in [0, 0.05) is 33.5 Å². The first-order chi connectivity index (χ1) is 34.2. The minimum atomic E-state index is -0.533. The Kier molecular flexibility index (Phi) is 9.77. The normalized spacial score (nSPS) is 12.5. The highest BCUT2D eigenvalue weighted by atomic mass is 15.1. The van der Waals surface area contributed by atoms with Crippen LogP contribution in [0.5, 0.6) is 0 Å². The van der Waals surface area contributed by atoms with Crippen LogP contribution in [0, 0.1) is 0 Å². The van der Waals surface area contributed by atoms with E-state index in [0.29, 0.717) is 0 Å². The average Bonchev–Trinajstić information content (AvgIpc) is 3.92. The van der Waals surface area contributed by atoms with Crippen molar-refractivity contribution in [2.75, 3.05) is 4.90 Å². The molecule has 1 aliphatic rings. The number of aromatic nitrogens is 1. The molecule has 1 aliphatic carbocycles. The van der Waals surface area contributed by atoms with E-state index in [1.807, 2.05) is 0 Å².